The van der Waals surface area contributed by atoms with E-state index in [1.807, 2.05) is 24.0 Å². The molecule has 2 aromatic rings. The van der Waals surface area contributed by atoms with Gasteiger partial charge in [0.25, 0.3) is 0 Å². The lowest BCUT2D eigenvalue weighted by Gasteiger charge is -2.40. The number of hydrogen-bond donors (Lipinski definition) is 1. The van der Waals surface area contributed by atoms with Crippen molar-refractivity contribution in [1.29, 1.82) is 0 Å². The SMILES string of the molecule is CCOCc1ccc(OC2CN(c3cccc(CO)c3F)C2)cn1. The lowest BCUT2D eigenvalue weighted by Crippen LogP contribution is -2.54. The smallest absolute Gasteiger partial charge is 0.151 e. The summed E-state index contributed by atoms with van der Waals surface area (Å²) in [4.78, 5) is 6.19. The summed E-state index contributed by atoms with van der Waals surface area (Å²) < 4.78 is 25.3. The van der Waals surface area contributed by atoms with E-state index in [9.17, 15) is 4.39 Å². The second-order valence-corrected chi connectivity index (χ2v) is 5.68. The maximum atomic E-state index is 14.2. The van der Waals surface area contributed by atoms with E-state index >= 15 is 0 Å². The molecule has 0 atom stereocenters. The molecule has 0 radical (unpaired) electrons. The zero-order valence-corrected chi connectivity index (χ0v) is 13.6. The summed E-state index contributed by atoms with van der Waals surface area (Å²) in [5, 5.41) is 9.14. The van der Waals surface area contributed by atoms with Gasteiger partial charge in [0.15, 0.2) is 5.82 Å². The number of aromatic nitrogens is 1. The van der Waals surface area contributed by atoms with Crippen molar-refractivity contribution in [3.63, 3.8) is 0 Å². The molecule has 0 spiro atoms. The number of rotatable bonds is 7. The van der Waals surface area contributed by atoms with Crippen LogP contribution in [-0.4, -0.2) is 35.9 Å². The molecule has 1 N–H and O–H groups in total. The summed E-state index contributed by atoms with van der Waals surface area (Å²) in [6, 6.07) is 8.80. The van der Waals surface area contributed by atoms with Crippen LogP contribution in [0.3, 0.4) is 0 Å². The molecule has 1 fully saturated rings. The Morgan fingerprint density at radius 1 is 1.29 bits per heavy atom. The van der Waals surface area contributed by atoms with Gasteiger partial charge in [-0.15, -0.1) is 0 Å². The van der Waals surface area contributed by atoms with Crippen LogP contribution in [0.1, 0.15) is 18.2 Å². The lowest BCUT2D eigenvalue weighted by molar-refractivity contribution is 0.131. The molecule has 1 aliphatic rings. The maximum absolute atomic E-state index is 14.2. The fourth-order valence-corrected chi connectivity index (χ4v) is 2.61. The Kier molecular flexibility index (Phi) is 5.27. The Labute approximate surface area is 140 Å². The van der Waals surface area contributed by atoms with Gasteiger partial charge in [0.2, 0.25) is 0 Å². The zero-order valence-electron chi connectivity index (χ0n) is 13.6. The first-order valence-corrected chi connectivity index (χ1v) is 8.03. The molecule has 1 aromatic carbocycles. The Bertz CT molecular complexity index is 672. The predicted octanol–water partition coefficient (Wildman–Crippen LogP) is 2.52. The van der Waals surface area contributed by atoms with Crippen LogP contribution in [0.4, 0.5) is 10.1 Å². The molecule has 2 heterocycles. The van der Waals surface area contributed by atoms with Crippen molar-refractivity contribution >= 4 is 5.69 Å². The molecular formula is C18H21FN2O3. The molecule has 0 unspecified atom stereocenters. The minimum atomic E-state index is -0.361. The Balaban J connectivity index is 1.54. The Morgan fingerprint density at radius 3 is 2.79 bits per heavy atom. The van der Waals surface area contributed by atoms with Crippen LogP contribution in [0.2, 0.25) is 0 Å². The van der Waals surface area contributed by atoms with E-state index in [1.54, 1.807) is 24.4 Å². The first kappa shape index (κ1) is 16.7. The molecular weight excluding hydrogens is 311 g/mol. The average Bonchev–Trinajstić information content (AvgIpc) is 2.58. The molecule has 24 heavy (non-hydrogen) atoms. The minimum absolute atomic E-state index is 0.00160. The van der Waals surface area contributed by atoms with Gasteiger partial charge in [0.05, 0.1) is 43.9 Å². The quantitative estimate of drug-likeness (QED) is 0.844. The molecule has 6 heteroatoms. The number of aliphatic hydroxyl groups excluding tert-OH is 1. The number of aliphatic hydroxyl groups is 1. The van der Waals surface area contributed by atoms with Gasteiger partial charge in [-0.3, -0.25) is 4.98 Å². The number of benzene rings is 1. The Hall–Kier alpha value is -2.18. The summed E-state index contributed by atoms with van der Waals surface area (Å²) in [5.41, 5.74) is 1.68. The molecule has 128 valence electrons. The first-order valence-electron chi connectivity index (χ1n) is 8.03. The van der Waals surface area contributed by atoms with Crippen molar-refractivity contribution in [1.82, 2.24) is 4.98 Å². The van der Waals surface area contributed by atoms with Crippen molar-refractivity contribution in [3.8, 4) is 5.75 Å². The largest absolute Gasteiger partial charge is 0.485 e. The van der Waals surface area contributed by atoms with E-state index in [0.29, 0.717) is 43.3 Å². The van der Waals surface area contributed by atoms with Crippen molar-refractivity contribution in [2.75, 3.05) is 24.6 Å². The normalized spacial score (nSPS) is 14.5. The molecule has 0 amide bonds. The van der Waals surface area contributed by atoms with E-state index in [2.05, 4.69) is 4.98 Å². The molecule has 1 aliphatic heterocycles. The van der Waals surface area contributed by atoms with E-state index in [-0.39, 0.29) is 18.5 Å². The van der Waals surface area contributed by atoms with Gasteiger partial charge in [-0.25, -0.2) is 4.39 Å². The topological polar surface area (TPSA) is 54.8 Å². The van der Waals surface area contributed by atoms with Crippen LogP contribution in [0.25, 0.3) is 0 Å². The van der Waals surface area contributed by atoms with E-state index < -0.39 is 0 Å². The third-order valence-corrected chi connectivity index (χ3v) is 3.97. The van der Waals surface area contributed by atoms with Gasteiger partial charge in [0, 0.05) is 12.2 Å². The van der Waals surface area contributed by atoms with Crippen LogP contribution in [0.15, 0.2) is 36.5 Å². The standard InChI is InChI=1S/C18H21FN2O3/c1-2-23-12-14-6-7-15(8-20-14)24-16-9-21(10-16)17-5-3-4-13(11-22)18(17)19/h3-8,16,22H,2,9-12H2,1H3. The highest BCUT2D eigenvalue weighted by molar-refractivity contribution is 5.52. The maximum Gasteiger partial charge on any atom is 0.151 e. The number of hydrogen-bond acceptors (Lipinski definition) is 5. The minimum Gasteiger partial charge on any atom is -0.485 e. The summed E-state index contributed by atoms with van der Waals surface area (Å²) >= 11 is 0. The van der Waals surface area contributed by atoms with Gasteiger partial charge < -0.3 is 19.5 Å². The van der Waals surface area contributed by atoms with Crippen molar-refractivity contribution in [3.05, 3.63) is 53.6 Å². The summed E-state index contributed by atoms with van der Waals surface area (Å²) in [6.07, 6.45) is 1.69. The van der Waals surface area contributed by atoms with Crippen molar-refractivity contribution in [2.24, 2.45) is 0 Å². The fourth-order valence-electron chi connectivity index (χ4n) is 2.61. The second kappa shape index (κ2) is 7.59. The lowest BCUT2D eigenvalue weighted by atomic mass is 10.1. The highest BCUT2D eigenvalue weighted by Gasteiger charge is 2.30. The third-order valence-electron chi connectivity index (χ3n) is 3.97. The third kappa shape index (κ3) is 3.66. The Morgan fingerprint density at radius 2 is 2.12 bits per heavy atom. The fraction of sp³-hybridized carbons (Fsp3) is 0.389. The number of ether oxygens (including phenoxy) is 2. The molecule has 3 rings (SSSR count). The zero-order chi connectivity index (χ0) is 16.9. The number of nitrogens with zero attached hydrogens (tertiary/aromatic N) is 2. The van der Waals surface area contributed by atoms with E-state index in [4.69, 9.17) is 14.6 Å². The molecule has 5 nitrogen and oxygen atoms in total. The molecule has 0 aliphatic carbocycles. The predicted molar refractivity (Wildman–Crippen MR) is 88.5 cm³/mol. The molecule has 1 saturated heterocycles. The van der Waals surface area contributed by atoms with Gasteiger partial charge in [0.1, 0.15) is 11.9 Å². The summed E-state index contributed by atoms with van der Waals surface area (Å²) in [6.45, 7) is 4.01. The van der Waals surface area contributed by atoms with Gasteiger partial charge in [-0.05, 0) is 25.1 Å². The van der Waals surface area contributed by atoms with E-state index in [0.717, 1.165) is 5.69 Å². The van der Waals surface area contributed by atoms with Crippen molar-refractivity contribution < 1.29 is 19.0 Å². The molecule has 1 aromatic heterocycles. The summed E-state index contributed by atoms with van der Waals surface area (Å²) in [7, 11) is 0. The van der Waals surface area contributed by atoms with Crippen LogP contribution in [0.5, 0.6) is 5.75 Å². The summed E-state index contributed by atoms with van der Waals surface area (Å²) in [5.74, 6) is 0.338. The van der Waals surface area contributed by atoms with Gasteiger partial charge in [-0.2, -0.15) is 0 Å². The number of halogens is 1. The molecule has 0 saturated carbocycles. The highest BCUT2D eigenvalue weighted by Crippen LogP contribution is 2.28. The van der Waals surface area contributed by atoms with Gasteiger partial charge >= 0.3 is 0 Å². The number of anilines is 1. The monoisotopic (exact) mass is 332 g/mol. The van der Waals surface area contributed by atoms with Crippen LogP contribution >= 0.6 is 0 Å². The first-order chi connectivity index (χ1) is 11.7. The van der Waals surface area contributed by atoms with Gasteiger partial charge in [-0.1, -0.05) is 12.1 Å². The van der Waals surface area contributed by atoms with E-state index in [1.165, 1.54) is 0 Å². The van der Waals surface area contributed by atoms with Crippen LogP contribution in [-0.2, 0) is 18.0 Å². The van der Waals surface area contributed by atoms with Crippen molar-refractivity contribution in [2.45, 2.75) is 26.2 Å². The van der Waals surface area contributed by atoms with Crippen LogP contribution < -0.4 is 9.64 Å². The number of pyridine rings is 1. The van der Waals surface area contributed by atoms with Crippen LogP contribution in [0, 0.1) is 5.82 Å². The second-order valence-electron chi connectivity index (χ2n) is 5.68. The highest BCUT2D eigenvalue weighted by atomic mass is 19.1. The molecule has 0 bridgehead atoms. The average molecular weight is 332 g/mol.